The second-order valence-electron chi connectivity index (χ2n) is 3.58. The lowest BCUT2D eigenvalue weighted by Gasteiger charge is -2.01. The van der Waals surface area contributed by atoms with E-state index in [4.69, 9.17) is 4.74 Å². The largest absolute Gasteiger partial charge is 0.446 e. The van der Waals surface area contributed by atoms with E-state index in [2.05, 4.69) is 18.5 Å². The van der Waals surface area contributed by atoms with E-state index in [0.717, 1.165) is 18.1 Å². The fourth-order valence-electron chi connectivity index (χ4n) is 1.37. The van der Waals surface area contributed by atoms with Crippen LogP contribution in [0.5, 0.6) is 0 Å². The van der Waals surface area contributed by atoms with Crippen LogP contribution in [-0.2, 0) is 4.74 Å². The minimum atomic E-state index is 0.168. The normalized spacial score (nSPS) is 21.5. The predicted molar refractivity (Wildman–Crippen MR) is 55.9 cm³/mol. The molecule has 0 N–H and O–H groups in total. The van der Waals surface area contributed by atoms with Crippen molar-refractivity contribution in [3.8, 4) is 0 Å². The Morgan fingerprint density at radius 2 is 2.15 bits per heavy atom. The first-order chi connectivity index (χ1) is 6.24. The van der Waals surface area contributed by atoms with Crippen LogP contribution in [0.2, 0.25) is 0 Å². The second-order valence-corrected chi connectivity index (χ2v) is 3.58. The molecular weight excluding hydrogens is 162 g/mol. The summed E-state index contributed by atoms with van der Waals surface area (Å²) in [6.07, 6.45) is 6.02. The van der Waals surface area contributed by atoms with E-state index in [1.165, 1.54) is 25.7 Å². The van der Waals surface area contributed by atoms with Crippen molar-refractivity contribution in [2.75, 3.05) is 0 Å². The molecule has 1 aliphatic heterocycles. The van der Waals surface area contributed by atoms with Gasteiger partial charge < -0.3 is 4.74 Å². The molecule has 1 heterocycles. The summed E-state index contributed by atoms with van der Waals surface area (Å²) in [5.74, 6) is 1.68. The zero-order valence-electron chi connectivity index (χ0n) is 8.68. The maximum Gasteiger partial charge on any atom is 0.190 e. The number of hydrogen-bond donors (Lipinski definition) is 0. The van der Waals surface area contributed by atoms with Gasteiger partial charge in [0.1, 0.15) is 11.8 Å². The van der Waals surface area contributed by atoms with Crippen LogP contribution in [0.1, 0.15) is 46.0 Å². The van der Waals surface area contributed by atoms with Crippen LogP contribution in [-0.4, -0.2) is 11.9 Å². The van der Waals surface area contributed by atoms with Gasteiger partial charge in [0.25, 0.3) is 0 Å². The highest BCUT2D eigenvalue weighted by Crippen LogP contribution is 2.18. The van der Waals surface area contributed by atoms with Crippen molar-refractivity contribution < 1.29 is 4.74 Å². The summed E-state index contributed by atoms with van der Waals surface area (Å²) in [5, 5.41) is 0. The third-order valence-electron chi connectivity index (χ3n) is 2.30. The molecule has 1 rings (SSSR count). The van der Waals surface area contributed by atoms with Crippen LogP contribution in [0.4, 0.5) is 0 Å². The molecule has 1 atom stereocenters. The molecule has 0 saturated carbocycles. The number of hydrogen-bond acceptors (Lipinski definition) is 2. The van der Waals surface area contributed by atoms with Crippen molar-refractivity contribution in [3.05, 3.63) is 12.3 Å². The van der Waals surface area contributed by atoms with Crippen molar-refractivity contribution in [3.63, 3.8) is 0 Å². The molecule has 2 heteroatoms. The molecule has 0 aromatic carbocycles. The van der Waals surface area contributed by atoms with Crippen LogP contribution in [0.25, 0.3) is 0 Å². The predicted octanol–water partition coefficient (Wildman–Crippen LogP) is 3.29. The zero-order valence-corrected chi connectivity index (χ0v) is 8.68. The van der Waals surface area contributed by atoms with Gasteiger partial charge in [0.15, 0.2) is 5.90 Å². The van der Waals surface area contributed by atoms with Gasteiger partial charge in [0.2, 0.25) is 0 Å². The first kappa shape index (κ1) is 10.3. The van der Waals surface area contributed by atoms with Crippen molar-refractivity contribution in [2.45, 2.75) is 52.0 Å². The van der Waals surface area contributed by atoms with Gasteiger partial charge in [-0.3, -0.25) is 0 Å². The van der Waals surface area contributed by atoms with Crippen molar-refractivity contribution in [2.24, 2.45) is 4.99 Å². The van der Waals surface area contributed by atoms with Gasteiger partial charge in [-0.15, -0.1) is 0 Å². The monoisotopic (exact) mass is 181 g/mol. The van der Waals surface area contributed by atoms with E-state index < -0.39 is 0 Å². The Balaban J connectivity index is 2.16. The highest BCUT2D eigenvalue weighted by Gasteiger charge is 2.17. The third kappa shape index (κ3) is 3.21. The Kier molecular flexibility index (Phi) is 4.00. The van der Waals surface area contributed by atoms with Crippen LogP contribution in [0.15, 0.2) is 17.3 Å². The van der Waals surface area contributed by atoms with E-state index >= 15 is 0 Å². The van der Waals surface area contributed by atoms with Crippen LogP contribution in [0.3, 0.4) is 0 Å². The molecule has 0 aromatic heterocycles. The van der Waals surface area contributed by atoms with Gasteiger partial charge in [0, 0.05) is 6.42 Å². The Hall–Kier alpha value is -0.790. The van der Waals surface area contributed by atoms with Gasteiger partial charge in [0.05, 0.1) is 0 Å². The van der Waals surface area contributed by atoms with Crippen molar-refractivity contribution >= 4 is 5.90 Å². The minimum absolute atomic E-state index is 0.168. The first-order valence-corrected chi connectivity index (χ1v) is 5.17. The summed E-state index contributed by atoms with van der Waals surface area (Å²) >= 11 is 0. The zero-order chi connectivity index (χ0) is 9.68. The summed E-state index contributed by atoms with van der Waals surface area (Å²) in [6, 6.07) is 0.168. The lowest BCUT2D eigenvalue weighted by Crippen LogP contribution is -1.97. The van der Waals surface area contributed by atoms with Gasteiger partial charge in [-0.2, -0.15) is 0 Å². The highest BCUT2D eigenvalue weighted by molar-refractivity contribution is 5.79. The van der Waals surface area contributed by atoms with Crippen molar-refractivity contribution in [1.82, 2.24) is 0 Å². The molecule has 0 bridgehead atoms. The molecule has 2 nitrogen and oxygen atoms in total. The molecule has 0 aromatic rings. The maximum absolute atomic E-state index is 5.41. The molecule has 0 spiro atoms. The summed E-state index contributed by atoms with van der Waals surface area (Å²) in [7, 11) is 0. The van der Waals surface area contributed by atoms with E-state index in [-0.39, 0.29) is 6.04 Å². The van der Waals surface area contributed by atoms with E-state index in [9.17, 15) is 0 Å². The molecule has 13 heavy (non-hydrogen) atoms. The Morgan fingerprint density at radius 1 is 1.38 bits per heavy atom. The Labute approximate surface area is 80.7 Å². The fraction of sp³-hybridized carbons (Fsp3) is 0.727. The second kappa shape index (κ2) is 5.05. The summed E-state index contributed by atoms with van der Waals surface area (Å²) < 4.78 is 5.41. The lowest BCUT2D eigenvalue weighted by atomic mass is 10.1. The lowest BCUT2D eigenvalue weighted by molar-refractivity contribution is 0.409. The Bertz CT molecular complexity index is 208. The SMILES string of the molecule is C=C1OC(CCCCCC)=NC1C. The topological polar surface area (TPSA) is 21.6 Å². The molecular formula is C11H19NO. The Morgan fingerprint density at radius 3 is 2.69 bits per heavy atom. The highest BCUT2D eigenvalue weighted by atomic mass is 16.5. The number of unbranched alkanes of at least 4 members (excludes halogenated alkanes) is 3. The average Bonchev–Trinajstić information content (AvgIpc) is 2.41. The van der Waals surface area contributed by atoms with Gasteiger partial charge in [-0.25, -0.2) is 4.99 Å². The number of ether oxygens (including phenoxy) is 1. The van der Waals surface area contributed by atoms with Crippen LogP contribution < -0.4 is 0 Å². The molecule has 74 valence electrons. The van der Waals surface area contributed by atoms with E-state index in [1.807, 2.05) is 6.92 Å². The van der Waals surface area contributed by atoms with Crippen LogP contribution in [0, 0.1) is 0 Å². The number of nitrogens with zero attached hydrogens (tertiary/aromatic N) is 1. The molecule has 0 fully saturated rings. The summed E-state index contributed by atoms with van der Waals surface area (Å²) in [4.78, 5) is 4.36. The van der Waals surface area contributed by atoms with Crippen molar-refractivity contribution in [1.29, 1.82) is 0 Å². The summed E-state index contributed by atoms with van der Waals surface area (Å²) in [6.45, 7) is 8.02. The van der Waals surface area contributed by atoms with Gasteiger partial charge in [-0.05, 0) is 13.3 Å². The number of aliphatic imine (C=N–C) groups is 1. The smallest absolute Gasteiger partial charge is 0.190 e. The maximum atomic E-state index is 5.41. The number of rotatable bonds is 5. The third-order valence-corrected chi connectivity index (χ3v) is 2.30. The molecule has 1 unspecified atom stereocenters. The molecule has 1 aliphatic rings. The van der Waals surface area contributed by atoms with E-state index in [0.29, 0.717) is 0 Å². The fourth-order valence-corrected chi connectivity index (χ4v) is 1.37. The molecule has 0 aliphatic carbocycles. The molecule has 0 amide bonds. The first-order valence-electron chi connectivity index (χ1n) is 5.17. The van der Waals surface area contributed by atoms with Gasteiger partial charge >= 0.3 is 0 Å². The standard InChI is InChI=1S/C11H19NO/c1-4-5-6-7-8-11-12-9(2)10(3)13-11/h9H,3-8H2,1-2H3. The average molecular weight is 181 g/mol. The molecule has 0 radical (unpaired) electrons. The van der Waals surface area contributed by atoms with Gasteiger partial charge in [-0.1, -0.05) is 32.8 Å². The quantitative estimate of drug-likeness (QED) is 0.596. The molecule has 0 saturated heterocycles. The van der Waals surface area contributed by atoms with Crippen LogP contribution >= 0.6 is 0 Å². The summed E-state index contributed by atoms with van der Waals surface area (Å²) in [5.41, 5.74) is 0. The van der Waals surface area contributed by atoms with E-state index in [1.54, 1.807) is 0 Å². The minimum Gasteiger partial charge on any atom is -0.446 e.